The van der Waals surface area contributed by atoms with Crippen LogP contribution in [0.4, 0.5) is 0 Å². The molecule has 0 bridgehead atoms. The number of piperidine rings is 1. The van der Waals surface area contributed by atoms with E-state index in [0.717, 1.165) is 31.2 Å². The smallest absolute Gasteiger partial charge is 0.248 e. The summed E-state index contributed by atoms with van der Waals surface area (Å²) in [6.07, 6.45) is 12.8. The molecule has 1 aliphatic heterocycles. The van der Waals surface area contributed by atoms with Crippen LogP contribution >= 0.6 is 0 Å². The largest absolute Gasteiger partial charge is 0.355 e. The van der Waals surface area contributed by atoms with Crippen LogP contribution in [0.5, 0.6) is 0 Å². The van der Waals surface area contributed by atoms with Crippen LogP contribution in [0.15, 0.2) is 39.8 Å². The van der Waals surface area contributed by atoms with Crippen molar-refractivity contribution in [2.45, 2.75) is 75.6 Å². The maximum Gasteiger partial charge on any atom is 0.248 e. The lowest BCUT2D eigenvalue weighted by molar-refractivity contribution is -0.126. The van der Waals surface area contributed by atoms with Crippen molar-refractivity contribution in [3.8, 4) is 0 Å². The molecule has 2 aromatic rings. The zero-order chi connectivity index (χ0) is 24.0. The Morgan fingerprint density at radius 2 is 1.74 bits per heavy atom. The lowest BCUT2D eigenvalue weighted by Crippen LogP contribution is -2.47. The predicted octanol–water partition coefficient (Wildman–Crippen LogP) is 4.78. The van der Waals surface area contributed by atoms with E-state index in [2.05, 4.69) is 10.5 Å². The highest BCUT2D eigenvalue weighted by Crippen LogP contribution is 2.29. The molecule has 7 nitrogen and oxygen atoms in total. The van der Waals surface area contributed by atoms with Crippen LogP contribution in [-0.2, 0) is 14.8 Å². The standard InChI is InChI=1S/C26H35N3O4S/c1-20-25(24(33-28-20)17-16-21-11-6-5-7-12-21)34(31,32)29-18-10-13-22(19-29)26(30)27-23-14-8-3-2-4-9-15-23/h5-7,11-12,16-17,22-23H,2-4,8-10,13-15,18-19H2,1H3,(H,27,30)/b17-16+. The third kappa shape index (κ3) is 5.96. The zero-order valence-electron chi connectivity index (χ0n) is 19.9. The molecule has 1 amide bonds. The van der Waals surface area contributed by atoms with Gasteiger partial charge in [-0.05, 0) is 44.2 Å². The summed E-state index contributed by atoms with van der Waals surface area (Å²) in [5, 5.41) is 7.15. The van der Waals surface area contributed by atoms with Crippen molar-refractivity contribution < 1.29 is 17.7 Å². The van der Waals surface area contributed by atoms with Gasteiger partial charge in [-0.1, -0.05) is 73.7 Å². The topological polar surface area (TPSA) is 92.5 Å². The fourth-order valence-electron chi connectivity index (χ4n) is 4.96. The second-order valence-electron chi connectivity index (χ2n) is 9.46. The summed E-state index contributed by atoms with van der Waals surface area (Å²) in [5.41, 5.74) is 1.26. The van der Waals surface area contributed by atoms with Crippen LogP contribution in [0.25, 0.3) is 12.2 Å². The number of aromatic nitrogens is 1. The van der Waals surface area contributed by atoms with Gasteiger partial charge in [0.2, 0.25) is 15.9 Å². The molecule has 34 heavy (non-hydrogen) atoms. The van der Waals surface area contributed by atoms with E-state index in [1.54, 1.807) is 19.1 Å². The molecular formula is C26H35N3O4S. The van der Waals surface area contributed by atoms with E-state index in [1.165, 1.54) is 23.6 Å². The van der Waals surface area contributed by atoms with Gasteiger partial charge in [0.05, 0.1) is 5.92 Å². The molecule has 2 fully saturated rings. The van der Waals surface area contributed by atoms with Gasteiger partial charge in [0.25, 0.3) is 0 Å². The van der Waals surface area contributed by atoms with Crippen molar-refractivity contribution in [3.63, 3.8) is 0 Å². The van der Waals surface area contributed by atoms with Gasteiger partial charge in [-0.3, -0.25) is 4.79 Å². The monoisotopic (exact) mass is 485 g/mol. The van der Waals surface area contributed by atoms with Crippen LogP contribution in [0.1, 0.15) is 74.8 Å². The maximum atomic E-state index is 13.6. The number of hydrogen-bond acceptors (Lipinski definition) is 5. The van der Waals surface area contributed by atoms with E-state index >= 15 is 0 Å². The number of carbonyl (C=O) groups is 1. The van der Waals surface area contributed by atoms with Crippen LogP contribution in [0.3, 0.4) is 0 Å². The van der Waals surface area contributed by atoms with Gasteiger partial charge in [-0.25, -0.2) is 8.42 Å². The molecule has 0 radical (unpaired) electrons. The molecule has 0 spiro atoms. The number of amides is 1. The zero-order valence-corrected chi connectivity index (χ0v) is 20.7. The fraction of sp³-hybridized carbons (Fsp3) is 0.538. The molecule has 1 aromatic carbocycles. The highest BCUT2D eigenvalue weighted by atomic mass is 32.2. The van der Waals surface area contributed by atoms with Gasteiger partial charge in [0, 0.05) is 19.1 Å². The first-order valence-electron chi connectivity index (χ1n) is 12.4. The molecule has 8 heteroatoms. The first-order chi connectivity index (χ1) is 16.4. The van der Waals surface area contributed by atoms with Crippen LogP contribution < -0.4 is 5.32 Å². The molecule has 1 saturated heterocycles. The quantitative estimate of drug-likeness (QED) is 0.635. The SMILES string of the molecule is Cc1noc(/C=C/c2ccccc2)c1S(=O)(=O)N1CCCC(C(=O)NC2CCCCCCC2)C1. The van der Waals surface area contributed by atoms with E-state index in [1.807, 2.05) is 30.3 Å². The summed E-state index contributed by atoms with van der Waals surface area (Å²) in [6, 6.07) is 9.81. The molecule has 4 rings (SSSR count). The second kappa shape index (κ2) is 11.3. The Kier molecular flexibility index (Phi) is 8.21. The Hall–Kier alpha value is -2.45. The number of aryl methyl sites for hydroxylation is 1. The summed E-state index contributed by atoms with van der Waals surface area (Å²) in [5.74, 6) is -0.142. The average molecular weight is 486 g/mol. The summed E-state index contributed by atoms with van der Waals surface area (Å²) >= 11 is 0. The van der Waals surface area contributed by atoms with Crippen molar-refractivity contribution in [2.24, 2.45) is 5.92 Å². The number of hydrogen-bond donors (Lipinski definition) is 1. The molecule has 1 unspecified atom stereocenters. The van der Waals surface area contributed by atoms with Crippen molar-refractivity contribution in [1.29, 1.82) is 0 Å². The average Bonchev–Trinajstić information content (AvgIpc) is 3.21. The molecule has 1 atom stereocenters. The Bertz CT molecular complexity index is 1090. The summed E-state index contributed by atoms with van der Waals surface area (Å²) in [4.78, 5) is 13.1. The van der Waals surface area contributed by atoms with Gasteiger partial charge in [0.1, 0.15) is 5.69 Å². The minimum atomic E-state index is -3.85. The number of nitrogens with one attached hydrogen (secondary N) is 1. The summed E-state index contributed by atoms with van der Waals surface area (Å²) < 4.78 is 34.0. The Morgan fingerprint density at radius 1 is 1.03 bits per heavy atom. The number of rotatable bonds is 6. The molecule has 2 heterocycles. The number of sulfonamides is 1. The third-order valence-corrected chi connectivity index (χ3v) is 8.89. The van der Waals surface area contributed by atoms with E-state index < -0.39 is 10.0 Å². The summed E-state index contributed by atoms with van der Waals surface area (Å²) in [6.45, 7) is 2.22. The normalized spacial score (nSPS) is 21.3. The van der Waals surface area contributed by atoms with E-state index in [4.69, 9.17) is 4.52 Å². The third-order valence-electron chi connectivity index (χ3n) is 6.86. The highest BCUT2D eigenvalue weighted by Gasteiger charge is 2.37. The summed E-state index contributed by atoms with van der Waals surface area (Å²) in [7, 11) is -3.85. The molecule has 2 aliphatic rings. The molecule has 1 N–H and O–H groups in total. The van der Waals surface area contributed by atoms with Gasteiger partial charge >= 0.3 is 0 Å². The second-order valence-corrected chi connectivity index (χ2v) is 11.3. The van der Waals surface area contributed by atoms with Crippen molar-refractivity contribution in [2.75, 3.05) is 13.1 Å². The van der Waals surface area contributed by atoms with E-state index in [9.17, 15) is 13.2 Å². The Morgan fingerprint density at radius 3 is 2.47 bits per heavy atom. The van der Waals surface area contributed by atoms with Crippen LogP contribution in [0.2, 0.25) is 0 Å². The fourth-order valence-corrected chi connectivity index (χ4v) is 6.73. The van der Waals surface area contributed by atoms with Gasteiger partial charge in [-0.2, -0.15) is 4.31 Å². The molecule has 1 saturated carbocycles. The Labute approximate surface area is 202 Å². The van der Waals surface area contributed by atoms with E-state index in [0.29, 0.717) is 25.1 Å². The van der Waals surface area contributed by atoms with Gasteiger partial charge in [0.15, 0.2) is 10.7 Å². The molecule has 1 aromatic heterocycles. The van der Waals surface area contributed by atoms with Gasteiger partial charge in [-0.15, -0.1) is 0 Å². The predicted molar refractivity (Wildman–Crippen MR) is 132 cm³/mol. The van der Waals surface area contributed by atoms with Crippen molar-refractivity contribution in [3.05, 3.63) is 47.3 Å². The molecule has 184 valence electrons. The maximum absolute atomic E-state index is 13.6. The Balaban J connectivity index is 1.47. The van der Waals surface area contributed by atoms with Gasteiger partial charge < -0.3 is 9.84 Å². The lowest BCUT2D eigenvalue weighted by atomic mass is 9.94. The number of carbonyl (C=O) groups excluding carboxylic acids is 1. The van der Waals surface area contributed by atoms with Crippen molar-refractivity contribution in [1.82, 2.24) is 14.8 Å². The van der Waals surface area contributed by atoms with Crippen LogP contribution in [0, 0.1) is 12.8 Å². The number of nitrogens with zero attached hydrogens (tertiary/aromatic N) is 2. The van der Waals surface area contributed by atoms with Crippen LogP contribution in [-0.4, -0.2) is 42.9 Å². The van der Waals surface area contributed by atoms with E-state index in [-0.39, 0.29) is 35.1 Å². The van der Waals surface area contributed by atoms with Crippen molar-refractivity contribution >= 4 is 28.1 Å². The first kappa shape index (κ1) is 24.7. The minimum Gasteiger partial charge on any atom is -0.355 e. The first-order valence-corrected chi connectivity index (χ1v) is 13.9. The highest BCUT2D eigenvalue weighted by molar-refractivity contribution is 7.89. The molecular weight excluding hydrogens is 450 g/mol. The minimum absolute atomic E-state index is 0.0169. The molecule has 1 aliphatic carbocycles. The lowest BCUT2D eigenvalue weighted by Gasteiger charge is -2.32. The number of benzene rings is 1.